The van der Waals surface area contributed by atoms with Crippen LogP contribution in [0.4, 0.5) is 0 Å². The van der Waals surface area contributed by atoms with Crippen molar-refractivity contribution in [1.29, 1.82) is 0 Å². The molecule has 0 rings (SSSR count). The van der Waals surface area contributed by atoms with Crippen LogP contribution in [-0.2, 0) is 0 Å². The van der Waals surface area contributed by atoms with Crippen LogP contribution < -0.4 is 0 Å². The normalized spacial score (nSPS) is 13.2. The van der Waals surface area contributed by atoms with E-state index in [1.54, 1.807) is 22.5 Å². The second-order valence-corrected chi connectivity index (χ2v) is 6.37. The quantitative estimate of drug-likeness (QED) is 0.433. The van der Waals surface area contributed by atoms with E-state index in [0.29, 0.717) is 0 Å². The first-order valence-corrected chi connectivity index (χ1v) is 7.67. The predicted octanol–water partition coefficient (Wildman–Crippen LogP) is 4.49. The van der Waals surface area contributed by atoms with E-state index in [-0.39, 0.29) is 0 Å². The monoisotopic (exact) mass is 289 g/mol. The van der Waals surface area contributed by atoms with Crippen molar-refractivity contribution in [2.45, 2.75) is 75.6 Å². The molecule has 0 aliphatic heterocycles. The first kappa shape index (κ1) is 13.8. The van der Waals surface area contributed by atoms with Crippen LogP contribution in [0.1, 0.15) is 71.6 Å². The van der Waals surface area contributed by atoms with E-state index in [0.717, 1.165) is 3.93 Å². The molecule has 0 fully saturated rings. The predicted molar refractivity (Wildman–Crippen MR) is 62.4 cm³/mol. The molecule has 0 saturated heterocycles. The van der Waals surface area contributed by atoms with Gasteiger partial charge in [-0.3, -0.25) is 0 Å². The van der Waals surface area contributed by atoms with Gasteiger partial charge in [-0.05, 0) is 0 Å². The van der Waals surface area contributed by atoms with Crippen LogP contribution >= 0.6 is 0 Å². The van der Waals surface area contributed by atoms with Gasteiger partial charge in [0.1, 0.15) is 0 Å². The van der Waals surface area contributed by atoms with Gasteiger partial charge in [0, 0.05) is 0 Å². The summed E-state index contributed by atoms with van der Waals surface area (Å²) in [6.45, 7) is 4.58. The van der Waals surface area contributed by atoms with E-state index in [1.807, 2.05) is 0 Å². The molecule has 0 aliphatic carbocycles. The van der Waals surface area contributed by atoms with E-state index in [9.17, 15) is 0 Å². The van der Waals surface area contributed by atoms with Crippen molar-refractivity contribution in [3.8, 4) is 0 Å². The van der Waals surface area contributed by atoms with Crippen LogP contribution in [0.15, 0.2) is 0 Å². The molecule has 0 amide bonds. The number of hydrogen-bond donors (Lipinski definition) is 0. The maximum atomic E-state index is 2.30. The molecule has 1 unspecified atom stereocenters. The summed E-state index contributed by atoms with van der Waals surface area (Å²) >= 11 is 1.77. The Morgan fingerprint density at radius 2 is 1.31 bits per heavy atom. The third kappa shape index (κ3) is 10.7. The molecule has 1 heteroatoms. The molecular formula is C12H25Sn. The van der Waals surface area contributed by atoms with Crippen molar-refractivity contribution in [2.24, 2.45) is 0 Å². The topological polar surface area (TPSA) is 0 Å². The second kappa shape index (κ2) is 10.9. The fraction of sp³-hybridized carbons (Fsp3) is 1.00. The van der Waals surface area contributed by atoms with Crippen molar-refractivity contribution < 1.29 is 0 Å². The van der Waals surface area contributed by atoms with Crippen LogP contribution in [0.5, 0.6) is 0 Å². The first-order chi connectivity index (χ1) is 6.31. The molecule has 0 nitrogen and oxygen atoms in total. The molecule has 3 radical (unpaired) electrons. The summed E-state index contributed by atoms with van der Waals surface area (Å²) in [5, 5.41) is 0. The molecular weight excluding hydrogens is 263 g/mol. The Kier molecular flexibility index (Phi) is 11.5. The molecule has 0 bridgehead atoms. The molecule has 0 heterocycles. The van der Waals surface area contributed by atoms with Crippen LogP contribution in [0.25, 0.3) is 0 Å². The van der Waals surface area contributed by atoms with Crippen molar-refractivity contribution >= 4 is 22.5 Å². The fourth-order valence-corrected chi connectivity index (χ4v) is 2.75. The SMILES string of the molecule is CCCCCCC[CH]([Sn])CCCC. The van der Waals surface area contributed by atoms with Gasteiger partial charge >= 0.3 is 98.1 Å². The number of hydrogen-bond acceptors (Lipinski definition) is 0. The van der Waals surface area contributed by atoms with Gasteiger partial charge in [-0.1, -0.05) is 0 Å². The minimum absolute atomic E-state index is 1.06. The molecule has 0 aromatic rings. The van der Waals surface area contributed by atoms with Gasteiger partial charge in [-0.25, -0.2) is 0 Å². The van der Waals surface area contributed by atoms with Gasteiger partial charge in [0.05, 0.1) is 0 Å². The summed E-state index contributed by atoms with van der Waals surface area (Å²) in [4.78, 5) is 0. The zero-order valence-corrected chi connectivity index (χ0v) is 12.3. The zero-order valence-electron chi connectivity index (χ0n) is 9.44. The van der Waals surface area contributed by atoms with E-state index < -0.39 is 0 Å². The summed E-state index contributed by atoms with van der Waals surface area (Å²) in [5.41, 5.74) is 0. The van der Waals surface area contributed by atoms with E-state index >= 15 is 0 Å². The Labute approximate surface area is 98.0 Å². The van der Waals surface area contributed by atoms with Crippen molar-refractivity contribution in [3.63, 3.8) is 0 Å². The summed E-state index contributed by atoms with van der Waals surface area (Å²) in [6, 6.07) is 0. The van der Waals surface area contributed by atoms with Crippen molar-refractivity contribution in [2.75, 3.05) is 0 Å². The maximum absolute atomic E-state index is 2.30. The number of rotatable bonds is 9. The van der Waals surface area contributed by atoms with Gasteiger partial charge in [-0.2, -0.15) is 0 Å². The van der Waals surface area contributed by atoms with Crippen LogP contribution in [0.3, 0.4) is 0 Å². The third-order valence-electron chi connectivity index (χ3n) is 2.56. The first-order valence-electron chi connectivity index (χ1n) is 6.02. The standard InChI is InChI=1S/C12H25.Sn/c1-3-5-7-9-11-12-10-8-6-4-2;/h9H,3-8,10-12H2,1-2H3;. The average molecular weight is 288 g/mol. The Bertz CT molecular complexity index is 91.1. The molecule has 0 aliphatic rings. The van der Waals surface area contributed by atoms with Crippen LogP contribution in [-0.4, -0.2) is 22.5 Å². The third-order valence-corrected chi connectivity index (χ3v) is 4.21. The summed E-state index contributed by atoms with van der Waals surface area (Å²) in [6.07, 6.45) is 13.1. The van der Waals surface area contributed by atoms with Gasteiger partial charge in [0.25, 0.3) is 0 Å². The molecule has 0 aromatic heterocycles. The Morgan fingerprint density at radius 3 is 1.92 bits per heavy atom. The van der Waals surface area contributed by atoms with E-state index in [2.05, 4.69) is 13.8 Å². The minimum atomic E-state index is 1.06. The second-order valence-electron chi connectivity index (χ2n) is 4.04. The van der Waals surface area contributed by atoms with Gasteiger partial charge in [-0.15, -0.1) is 0 Å². The molecule has 0 N–H and O–H groups in total. The summed E-state index contributed by atoms with van der Waals surface area (Å²) in [7, 11) is 0. The average Bonchev–Trinajstić information content (AvgIpc) is 2.14. The Hall–Kier alpha value is 0.799. The van der Waals surface area contributed by atoms with Crippen LogP contribution in [0, 0.1) is 0 Å². The van der Waals surface area contributed by atoms with E-state index in [4.69, 9.17) is 0 Å². The summed E-state index contributed by atoms with van der Waals surface area (Å²) < 4.78 is 1.06. The molecule has 0 spiro atoms. The molecule has 1 atom stereocenters. The van der Waals surface area contributed by atoms with Crippen LogP contribution in [0.2, 0.25) is 3.93 Å². The molecule has 0 saturated carbocycles. The zero-order chi connectivity index (χ0) is 9.94. The van der Waals surface area contributed by atoms with Gasteiger partial charge in [0.2, 0.25) is 0 Å². The molecule has 0 aromatic carbocycles. The molecule has 77 valence electrons. The van der Waals surface area contributed by atoms with Gasteiger partial charge < -0.3 is 0 Å². The summed E-state index contributed by atoms with van der Waals surface area (Å²) in [5.74, 6) is 0. The fourth-order valence-electron chi connectivity index (χ4n) is 1.59. The van der Waals surface area contributed by atoms with Gasteiger partial charge in [0.15, 0.2) is 0 Å². The molecule has 13 heavy (non-hydrogen) atoms. The van der Waals surface area contributed by atoms with Crippen molar-refractivity contribution in [1.82, 2.24) is 0 Å². The van der Waals surface area contributed by atoms with E-state index in [1.165, 1.54) is 57.8 Å². The Balaban J connectivity index is 3.03. The Morgan fingerprint density at radius 1 is 0.769 bits per heavy atom. The number of unbranched alkanes of at least 4 members (excludes halogenated alkanes) is 5. The van der Waals surface area contributed by atoms with Crippen molar-refractivity contribution in [3.05, 3.63) is 0 Å².